The van der Waals surface area contributed by atoms with E-state index in [0.717, 1.165) is 17.0 Å². The molecule has 1 fully saturated rings. The van der Waals surface area contributed by atoms with Gasteiger partial charge in [-0.2, -0.15) is 13.2 Å². The largest absolute Gasteiger partial charge is 0.405 e. The molecule has 0 amide bonds. The number of rotatable bonds is 3. The summed E-state index contributed by atoms with van der Waals surface area (Å²) in [6.45, 7) is -1.11. The monoisotopic (exact) mass is 282 g/mol. The van der Waals surface area contributed by atoms with E-state index in [-0.39, 0.29) is 22.4 Å². The third-order valence-corrected chi connectivity index (χ3v) is 3.01. The van der Waals surface area contributed by atoms with Crippen molar-refractivity contribution in [1.29, 1.82) is 0 Å². The van der Waals surface area contributed by atoms with Crippen LogP contribution in [-0.2, 0) is 0 Å². The van der Waals surface area contributed by atoms with Crippen molar-refractivity contribution in [3.05, 3.63) is 23.0 Å². The summed E-state index contributed by atoms with van der Waals surface area (Å²) >= 11 is 5.59. The Morgan fingerprint density at radius 1 is 1.33 bits per heavy atom. The first-order valence-corrected chi connectivity index (χ1v) is 5.73. The molecule has 0 saturated heterocycles. The topological polar surface area (TPSA) is 29.3 Å². The fraction of sp³-hybridized carbons (Fsp3) is 0.455. The van der Waals surface area contributed by atoms with Crippen molar-refractivity contribution in [3.63, 3.8) is 0 Å². The Labute approximate surface area is 106 Å². The van der Waals surface area contributed by atoms with Gasteiger partial charge in [0.15, 0.2) is 0 Å². The van der Waals surface area contributed by atoms with Crippen molar-refractivity contribution in [2.24, 2.45) is 0 Å². The molecule has 7 heteroatoms. The van der Waals surface area contributed by atoms with Gasteiger partial charge >= 0.3 is 6.18 Å². The van der Waals surface area contributed by atoms with Gasteiger partial charge in [0, 0.05) is 12.1 Å². The number of nitrogen functional groups attached to an aromatic ring is 1. The van der Waals surface area contributed by atoms with Crippen LogP contribution in [0.5, 0.6) is 0 Å². The van der Waals surface area contributed by atoms with E-state index < -0.39 is 18.5 Å². The van der Waals surface area contributed by atoms with Crippen LogP contribution < -0.4 is 10.6 Å². The molecule has 1 aliphatic rings. The Kier molecular flexibility index (Phi) is 3.31. The van der Waals surface area contributed by atoms with E-state index in [1.165, 1.54) is 0 Å². The van der Waals surface area contributed by atoms with Gasteiger partial charge in [0.05, 0.1) is 16.4 Å². The first-order valence-electron chi connectivity index (χ1n) is 5.36. The summed E-state index contributed by atoms with van der Waals surface area (Å²) in [5.74, 6) is -0.735. The van der Waals surface area contributed by atoms with Crippen LogP contribution in [0.3, 0.4) is 0 Å². The maximum Gasteiger partial charge on any atom is 0.405 e. The van der Waals surface area contributed by atoms with Gasteiger partial charge < -0.3 is 10.6 Å². The Morgan fingerprint density at radius 2 is 1.94 bits per heavy atom. The molecule has 2 nitrogen and oxygen atoms in total. The van der Waals surface area contributed by atoms with Crippen LogP contribution in [0.15, 0.2) is 12.1 Å². The molecule has 0 heterocycles. The van der Waals surface area contributed by atoms with Crippen molar-refractivity contribution in [1.82, 2.24) is 0 Å². The zero-order chi connectivity index (χ0) is 13.5. The number of alkyl halides is 3. The van der Waals surface area contributed by atoms with Crippen LogP contribution in [0.1, 0.15) is 12.8 Å². The van der Waals surface area contributed by atoms with Crippen molar-refractivity contribution in [3.8, 4) is 0 Å². The maximum atomic E-state index is 13.1. The van der Waals surface area contributed by atoms with Crippen molar-refractivity contribution in [2.45, 2.75) is 25.1 Å². The smallest absolute Gasteiger partial charge is 0.397 e. The van der Waals surface area contributed by atoms with Gasteiger partial charge in [-0.25, -0.2) is 4.39 Å². The number of nitrogens with two attached hydrogens (primary N) is 1. The van der Waals surface area contributed by atoms with Gasteiger partial charge in [-0.05, 0) is 18.9 Å². The van der Waals surface area contributed by atoms with E-state index in [2.05, 4.69) is 0 Å². The quantitative estimate of drug-likeness (QED) is 0.678. The third kappa shape index (κ3) is 2.98. The second kappa shape index (κ2) is 4.50. The Morgan fingerprint density at radius 3 is 2.44 bits per heavy atom. The molecule has 0 unspecified atom stereocenters. The van der Waals surface area contributed by atoms with E-state index >= 15 is 0 Å². The van der Waals surface area contributed by atoms with Crippen LogP contribution in [-0.4, -0.2) is 18.8 Å². The van der Waals surface area contributed by atoms with Gasteiger partial charge in [0.1, 0.15) is 12.4 Å². The third-order valence-electron chi connectivity index (χ3n) is 2.72. The van der Waals surface area contributed by atoms with Gasteiger partial charge in [0.2, 0.25) is 0 Å². The normalized spacial score (nSPS) is 15.8. The van der Waals surface area contributed by atoms with E-state index in [0.29, 0.717) is 12.8 Å². The van der Waals surface area contributed by atoms with E-state index in [9.17, 15) is 17.6 Å². The van der Waals surface area contributed by atoms with Crippen LogP contribution in [0.25, 0.3) is 0 Å². The van der Waals surface area contributed by atoms with Crippen LogP contribution >= 0.6 is 11.6 Å². The second-order valence-electron chi connectivity index (χ2n) is 4.30. The van der Waals surface area contributed by atoms with E-state index in [4.69, 9.17) is 17.3 Å². The average Bonchev–Trinajstić information content (AvgIpc) is 3.02. The number of hydrogen-bond acceptors (Lipinski definition) is 2. The summed E-state index contributed by atoms with van der Waals surface area (Å²) in [6, 6.07) is 1.90. The van der Waals surface area contributed by atoms with Gasteiger partial charge in [-0.15, -0.1) is 0 Å². The first-order chi connectivity index (χ1) is 8.28. The summed E-state index contributed by atoms with van der Waals surface area (Å²) in [6.07, 6.45) is -3.00. The molecule has 1 aliphatic carbocycles. The Bertz CT molecular complexity index is 457. The van der Waals surface area contributed by atoms with Crippen LogP contribution in [0.4, 0.5) is 28.9 Å². The molecule has 2 rings (SSSR count). The number of anilines is 2. The molecule has 0 atom stereocenters. The van der Waals surface area contributed by atoms with Crippen LogP contribution in [0, 0.1) is 5.82 Å². The van der Waals surface area contributed by atoms with Gasteiger partial charge in [-0.1, -0.05) is 11.6 Å². The lowest BCUT2D eigenvalue weighted by molar-refractivity contribution is -0.119. The highest BCUT2D eigenvalue weighted by Gasteiger charge is 2.39. The number of halogens is 5. The molecule has 1 aromatic rings. The van der Waals surface area contributed by atoms with Gasteiger partial charge in [0.25, 0.3) is 0 Å². The Balaban J connectivity index is 2.34. The predicted octanol–water partition coefficient (Wildman–Crippen LogP) is 3.59. The zero-order valence-corrected chi connectivity index (χ0v) is 10.0. The second-order valence-corrected chi connectivity index (χ2v) is 4.71. The zero-order valence-electron chi connectivity index (χ0n) is 9.27. The lowest BCUT2D eigenvalue weighted by atomic mass is 10.2. The summed E-state index contributed by atoms with van der Waals surface area (Å²) in [7, 11) is 0. The fourth-order valence-electron chi connectivity index (χ4n) is 1.79. The molecule has 0 bridgehead atoms. The predicted molar refractivity (Wildman–Crippen MR) is 62.2 cm³/mol. The molecule has 1 saturated carbocycles. The lowest BCUT2D eigenvalue weighted by Gasteiger charge is -2.27. The molecule has 1 aromatic carbocycles. The number of nitrogens with zero attached hydrogens (tertiary/aromatic N) is 1. The maximum absolute atomic E-state index is 13.1. The molecule has 2 N–H and O–H groups in total. The summed E-state index contributed by atoms with van der Waals surface area (Å²) < 4.78 is 50.6. The summed E-state index contributed by atoms with van der Waals surface area (Å²) in [5.41, 5.74) is 5.67. The first kappa shape index (κ1) is 13.3. The summed E-state index contributed by atoms with van der Waals surface area (Å²) in [5, 5.41) is -0.230. The standard InChI is InChI=1S/C11H11ClF4N2/c12-7-3-10(9(17)4-8(7)13)18(6-1-2-6)5-11(14,15)16/h3-4,6H,1-2,5,17H2. The van der Waals surface area contributed by atoms with Crippen LogP contribution in [0.2, 0.25) is 5.02 Å². The molecule has 0 aromatic heterocycles. The number of benzene rings is 1. The minimum absolute atomic E-state index is 0.0342. The minimum atomic E-state index is -4.34. The molecular weight excluding hydrogens is 272 g/mol. The molecule has 0 radical (unpaired) electrons. The highest BCUT2D eigenvalue weighted by Crippen LogP contribution is 2.38. The van der Waals surface area contributed by atoms with Gasteiger partial charge in [-0.3, -0.25) is 0 Å². The Hall–Kier alpha value is -1.17. The van der Waals surface area contributed by atoms with Crippen molar-refractivity contribution >= 4 is 23.0 Å². The molecule has 100 valence electrons. The molecular formula is C11H11ClF4N2. The highest BCUT2D eigenvalue weighted by molar-refractivity contribution is 6.31. The lowest BCUT2D eigenvalue weighted by Crippen LogP contribution is -2.36. The van der Waals surface area contributed by atoms with E-state index in [1.807, 2.05) is 0 Å². The summed E-state index contributed by atoms with van der Waals surface area (Å²) in [4.78, 5) is 1.14. The molecule has 0 spiro atoms. The highest BCUT2D eigenvalue weighted by atomic mass is 35.5. The average molecular weight is 283 g/mol. The molecule has 0 aliphatic heterocycles. The van der Waals surface area contributed by atoms with Crippen molar-refractivity contribution in [2.75, 3.05) is 17.2 Å². The minimum Gasteiger partial charge on any atom is -0.397 e. The fourth-order valence-corrected chi connectivity index (χ4v) is 1.95. The van der Waals surface area contributed by atoms with Crippen molar-refractivity contribution < 1.29 is 17.6 Å². The SMILES string of the molecule is Nc1cc(F)c(Cl)cc1N(CC(F)(F)F)C1CC1. The number of hydrogen-bond donors (Lipinski definition) is 1. The molecule has 18 heavy (non-hydrogen) atoms. The van der Waals surface area contributed by atoms with E-state index in [1.54, 1.807) is 0 Å².